The molecule has 0 spiro atoms. The SMILES string of the molecule is NC(=O)c1ncc(N2CCC[C@@H](NC(=O)c3cncc(F)c3)C2)nc1Nc1ccc(C2CCN(C3CCCC3)CC2)cc1. The number of pyridine rings is 1. The molecule has 2 aliphatic heterocycles. The monoisotopic (exact) mass is 586 g/mol. The van der Waals surface area contributed by atoms with Gasteiger partial charge in [0.1, 0.15) is 11.6 Å². The smallest absolute Gasteiger partial charge is 0.271 e. The van der Waals surface area contributed by atoms with Crippen LogP contribution in [0.25, 0.3) is 0 Å². The number of amides is 2. The molecule has 2 saturated heterocycles. The number of halogens is 1. The second-order valence-corrected chi connectivity index (χ2v) is 11.9. The lowest BCUT2D eigenvalue weighted by Crippen LogP contribution is -2.48. The van der Waals surface area contributed by atoms with Crippen molar-refractivity contribution in [1.82, 2.24) is 25.2 Å². The summed E-state index contributed by atoms with van der Waals surface area (Å²) in [6.45, 7) is 3.55. The van der Waals surface area contributed by atoms with Gasteiger partial charge in [-0.1, -0.05) is 25.0 Å². The average Bonchev–Trinajstić information content (AvgIpc) is 3.57. The van der Waals surface area contributed by atoms with Gasteiger partial charge in [0.15, 0.2) is 11.5 Å². The maximum absolute atomic E-state index is 13.5. The molecular formula is C32H39FN8O2. The van der Waals surface area contributed by atoms with E-state index in [-0.39, 0.29) is 23.2 Å². The second-order valence-electron chi connectivity index (χ2n) is 11.9. The largest absolute Gasteiger partial charge is 0.364 e. The maximum Gasteiger partial charge on any atom is 0.271 e. The van der Waals surface area contributed by atoms with Gasteiger partial charge in [-0.3, -0.25) is 14.6 Å². The molecule has 2 amide bonds. The highest BCUT2D eigenvalue weighted by Gasteiger charge is 2.28. The topological polar surface area (TPSA) is 129 Å². The third-order valence-corrected chi connectivity index (χ3v) is 9.06. The minimum Gasteiger partial charge on any atom is -0.364 e. The van der Waals surface area contributed by atoms with E-state index < -0.39 is 11.7 Å². The van der Waals surface area contributed by atoms with E-state index in [1.54, 1.807) is 0 Å². The van der Waals surface area contributed by atoms with Crippen molar-refractivity contribution in [3.05, 3.63) is 71.6 Å². The molecule has 0 unspecified atom stereocenters. The number of nitrogens with one attached hydrogen (secondary N) is 2. The average molecular weight is 587 g/mol. The van der Waals surface area contributed by atoms with Crippen molar-refractivity contribution in [1.29, 1.82) is 0 Å². The number of hydrogen-bond donors (Lipinski definition) is 3. The fourth-order valence-electron chi connectivity index (χ4n) is 6.75. The number of hydrogen-bond acceptors (Lipinski definition) is 8. The van der Waals surface area contributed by atoms with Crippen LogP contribution in [-0.2, 0) is 0 Å². The molecule has 11 heteroatoms. The highest BCUT2D eigenvalue weighted by atomic mass is 19.1. The Morgan fingerprint density at radius 3 is 2.42 bits per heavy atom. The van der Waals surface area contributed by atoms with Gasteiger partial charge >= 0.3 is 0 Å². The van der Waals surface area contributed by atoms with Crippen molar-refractivity contribution in [3.8, 4) is 0 Å². The van der Waals surface area contributed by atoms with Crippen LogP contribution in [0.2, 0.25) is 0 Å². The molecule has 1 aliphatic carbocycles. The van der Waals surface area contributed by atoms with Crippen LogP contribution in [0.4, 0.5) is 21.7 Å². The molecule has 6 rings (SSSR count). The molecule has 43 heavy (non-hydrogen) atoms. The first kappa shape index (κ1) is 29.0. The van der Waals surface area contributed by atoms with E-state index >= 15 is 0 Å². The van der Waals surface area contributed by atoms with E-state index in [0.29, 0.717) is 30.6 Å². The summed E-state index contributed by atoms with van der Waals surface area (Å²) in [6.07, 6.45) is 13.3. The molecule has 3 fully saturated rings. The summed E-state index contributed by atoms with van der Waals surface area (Å²) in [5.74, 6) is -0.180. The van der Waals surface area contributed by atoms with E-state index in [2.05, 4.69) is 37.6 Å². The zero-order chi connectivity index (χ0) is 29.8. The first-order valence-corrected chi connectivity index (χ1v) is 15.4. The lowest BCUT2D eigenvalue weighted by atomic mass is 9.88. The van der Waals surface area contributed by atoms with Crippen LogP contribution in [0.5, 0.6) is 0 Å². The summed E-state index contributed by atoms with van der Waals surface area (Å²) in [5.41, 5.74) is 8.01. The van der Waals surface area contributed by atoms with Crippen LogP contribution >= 0.6 is 0 Å². The van der Waals surface area contributed by atoms with Crippen LogP contribution in [0, 0.1) is 5.82 Å². The molecule has 1 atom stereocenters. The van der Waals surface area contributed by atoms with Crippen LogP contribution < -0.4 is 21.3 Å². The van der Waals surface area contributed by atoms with Gasteiger partial charge in [0.25, 0.3) is 11.8 Å². The Hall–Kier alpha value is -4.12. The highest BCUT2D eigenvalue weighted by Crippen LogP contribution is 2.33. The van der Waals surface area contributed by atoms with Gasteiger partial charge in [-0.25, -0.2) is 14.4 Å². The fraction of sp³-hybridized carbons (Fsp3) is 0.469. The minimum absolute atomic E-state index is 0.0626. The number of rotatable bonds is 8. The number of likely N-dealkylation sites (tertiary alicyclic amines) is 1. The lowest BCUT2D eigenvalue weighted by Gasteiger charge is -2.36. The Bertz CT molecular complexity index is 1440. The Morgan fingerprint density at radius 2 is 1.70 bits per heavy atom. The normalized spacial score (nSPS) is 20.2. The van der Waals surface area contributed by atoms with E-state index in [9.17, 15) is 14.0 Å². The van der Waals surface area contributed by atoms with Crippen molar-refractivity contribution in [2.45, 2.75) is 69.4 Å². The zero-order valence-corrected chi connectivity index (χ0v) is 24.3. The minimum atomic E-state index is -0.667. The Morgan fingerprint density at radius 1 is 0.930 bits per heavy atom. The molecule has 3 aromatic rings. The first-order chi connectivity index (χ1) is 20.9. The quantitative estimate of drug-likeness (QED) is 0.355. The van der Waals surface area contributed by atoms with Crippen LogP contribution in [0.1, 0.15) is 83.7 Å². The van der Waals surface area contributed by atoms with Crippen molar-refractivity contribution in [3.63, 3.8) is 0 Å². The molecule has 2 aromatic heterocycles. The molecule has 226 valence electrons. The van der Waals surface area contributed by atoms with Crippen LogP contribution in [0.15, 0.2) is 48.9 Å². The molecule has 10 nitrogen and oxygen atoms in total. The summed E-state index contributed by atoms with van der Waals surface area (Å²) in [7, 11) is 0. The predicted molar refractivity (Wildman–Crippen MR) is 163 cm³/mol. The summed E-state index contributed by atoms with van der Waals surface area (Å²) in [6, 6.07) is 10.1. The van der Waals surface area contributed by atoms with Gasteiger partial charge < -0.3 is 26.2 Å². The summed E-state index contributed by atoms with van der Waals surface area (Å²) >= 11 is 0. The number of carbonyl (C=O) groups is 2. The van der Waals surface area contributed by atoms with E-state index in [0.717, 1.165) is 30.8 Å². The number of nitrogens with two attached hydrogens (primary N) is 1. The number of aromatic nitrogens is 3. The zero-order valence-electron chi connectivity index (χ0n) is 24.3. The molecular weight excluding hydrogens is 547 g/mol. The fourth-order valence-corrected chi connectivity index (χ4v) is 6.75. The number of piperidine rings is 2. The lowest BCUT2D eigenvalue weighted by molar-refractivity contribution is 0.0931. The molecule has 0 radical (unpaired) electrons. The van der Waals surface area contributed by atoms with Gasteiger partial charge in [-0.2, -0.15) is 0 Å². The van der Waals surface area contributed by atoms with E-state index in [4.69, 9.17) is 10.7 Å². The molecule has 4 heterocycles. The van der Waals surface area contributed by atoms with Crippen LogP contribution in [-0.4, -0.2) is 69.9 Å². The Balaban J connectivity index is 1.10. The highest BCUT2D eigenvalue weighted by molar-refractivity contribution is 5.96. The number of carbonyl (C=O) groups excluding carboxylic acids is 2. The Labute approximate surface area is 251 Å². The van der Waals surface area contributed by atoms with Gasteiger partial charge in [0, 0.05) is 37.1 Å². The van der Waals surface area contributed by atoms with Gasteiger partial charge in [0.2, 0.25) is 0 Å². The van der Waals surface area contributed by atoms with Crippen molar-refractivity contribution >= 4 is 29.1 Å². The summed E-state index contributed by atoms with van der Waals surface area (Å²) in [4.78, 5) is 42.4. The summed E-state index contributed by atoms with van der Waals surface area (Å²) in [5, 5.41) is 6.22. The number of benzene rings is 1. The predicted octanol–water partition coefficient (Wildman–Crippen LogP) is 4.37. The Kier molecular flexibility index (Phi) is 8.78. The number of anilines is 3. The first-order valence-electron chi connectivity index (χ1n) is 15.4. The molecule has 3 aliphatic rings. The van der Waals surface area contributed by atoms with Crippen molar-refractivity contribution in [2.24, 2.45) is 5.73 Å². The van der Waals surface area contributed by atoms with Crippen LogP contribution in [0.3, 0.4) is 0 Å². The third kappa shape index (κ3) is 6.93. The summed E-state index contributed by atoms with van der Waals surface area (Å²) < 4.78 is 13.5. The molecule has 0 bridgehead atoms. The van der Waals surface area contributed by atoms with E-state index in [1.807, 2.05) is 17.0 Å². The van der Waals surface area contributed by atoms with Crippen molar-refractivity contribution < 1.29 is 14.0 Å². The van der Waals surface area contributed by atoms with Gasteiger partial charge in [-0.15, -0.1) is 0 Å². The number of nitrogens with zero attached hydrogens (tertiary/aromatic N) is 5. The number of primary amides is 1. The third-order valence-electron chi connectivity index (χ3n) is 9.06. The second kappa shape index (κ2) is 13.0. The van der Waals surface area contributed by atoms with E-state index in [1.165, 1.54) is 75.6 Å². The van der Waals surface area contributed by atoms with Gasteiger partial charge in [-0.05, 0) is 81.3 Å². The van der Waals surface area contributed by atoms with Crippen molar-refractivity contribution in [2.75, 3.05) is 36.4 Å². The molecule has 1 saturated carbocycles. The molecule has 1 aromatic carbocycles. The molecule has 4 N–H and O–H groups in total. The maximum atomic E-state index is 13.5. The van der Waals surface area contributed by atoms with Gasteiger partial charge in [0.05, 0.1) is 18.0 Å². The standard InChI is InChI=1S/C32H39FN8O2/c33-24-16-23(17-35-18-24)32(43)38-26-4-3-13-41(20-26)28-19-36-29(30(34)42)31(39-28)37-25-9-7-21(8-10-25)22-11-14-40(15-12-22)27-5-1-2-6-27/h7-10,16-19,22,26-27H,1-6,11-15,20H2,(H2,34,42)(H,37,39)(H,38,43)/t26-/m1/s1.